The minimum absolute atomic E-state index is 0.0336. The number of aryl methyl sites for hydroxylation is 2. The van der Waals surface area contributed by atoms with E-state index in [1.54, 1.807) is 45.9 Å². The van der Waals surface area contributed by atoms with Gasteiger partial charge in [-0.05, 0) is 70.6 Å². The van der Waals surface area contributed by atoms with Crippen LogP contribution < -0.4 is 10.6 Å². The average Bonchev–Trinajstić information content (AvgIpc) is 2.91. The lowest BCUT2D eigenvalue weighted by molar-refractivity contribution is -0.141. The summed E-state index contributed by atoms with van der Waals surface area (Å²) in [6, 6.07) is 10.6. The Labute approximate surface area is 258 Å². The zero-order valence-electron chi connectivity index (χ0n) is 27.5. The molecule has 2 rings (SSSR count). The zero-order chi connectivity index (χ0) is 32.2. The Morgan fingerprint density at radius 1 is 0.907 bits per heavy atom. The summed E-state index contributed by atoms with van der Waals surface area (Å²) in [5.74, 6) is -0.783. The van der Waals surface area contributed by atoms with Crippen LogP contribution in [0.3, 0.4) is 0 Å². The monoisotopic (exact) mass is 595 g/mol. The maximum absolute atomic E-state index is 14.5. The summed E-state index contributed by atoms with van der Waals surface area (Å²) >= 11 is 0. The van der Waals surface area contributed by atoms with E-state index in [9.17, 15) is 19.5 Å². The van der Waals surface area contributed by atoms with Crippen LogP contribution in [0.25, 0.3) is 0 Å². The number of carbonyl (C=O) groups excluding carboxylic acids is 3. The minimum Gasteiger partial charge on any atom is -0.507 e. The molecule has 3 amide bonds. The standard InChI is InChI=1S/C35H53N3O5/c1-9-10-11-12-13-16-22-38(33(41)29(23-24(2)3)37-34(42)43-35(6,7)8)30(27-20-17-19-26(5)31(27)39)32(40)36-28-21-15-14-18-25(28)4/h14-15,17-21,24,29-30,39H,9-13,16,22-23H2,1-8H3,(H,36,40)(H,37,42). The van der Waals surface area contributed by atoms with Crippen molar-refractivity contribution in [2.24, 2.45) is 5.92 Å². The summed E-state index contributed by atoms with van der Waals surface area (Å²) in [6.07, 6.45) is 5.65. The number of hydrogen-bond donors (Lipinski definition) is 3. The number of phenolic OH excluding ortho intramolecular Hbond substituents is 1. The maximum atomic E-state index is 14.5. The summed E-state index contributed by atoms with van der Waals surface area (Å²) in [6.45, 7) is 15.4. The highest BCUT2D eigenvalue weighted by Crippen LogP contribution is 2.34. The van der Waals surface area contributed by atoms with Crippen molar-refractivity contribution < 1.29 is 24.2 Å². The number of hydrogen-bond acceptors (Lipinski definition) is 5. The van der Waals surface area contributed by atoms with E-state index in [0.29, 0.717) is 29.7 Å². The molecule has 238 valence electrons. The highest BCUT2D eigenvalue weighted by Gasteiger charge is 2.38. The molecule has 2 aromatic carbocycles. The van der Waals surface area contributed by atoms with Crippen LogP contribution in [-0.2, 0) is 14.3 Å². The lowest BCUT2D eigenvalue weighted by atomic mass is 9.96. The predicted molar refractivity (Wildman–Crippen MR) is 173 cm³/mol. The molecule has 0 radical (unpaired) electrons. The van der Waals surface area contributed by atoms with E-state index in [0.717, 1.165) is 37.7 Å². The first-order valence-corrected chi connectivity index (χ1v) is 15.7. The van der Waals surface area contributed by atoms with Crippen LogP contribution in [0, 0.1) is 19.8 Å². The van der Waals surface area contributed by atoms with Crippen LogP contribution in [0.15, 0.2) is 42.5 Å². The third-order valence-corrected chi connectivity index (χ3v) is 7.26. The number of benzene rings is 2. The molecule has 2 atom stereocenters. The number of anilines is 1. The molecular formula is C35H53N3O5. The number of alkyl carbamates (subject to hydrolysis) is 1. The van der Waals surface area contributed by atoms with Gasteiger partial charge in [0.1, 0.15) is 23.4 Å². The first-order chi connectivity index (χ1) is 20.2. The van der Waals surface area contributed by atoms with Gasteiger partial charge in [0.05, 0.1) is 0 Å². The van der Waals surface area contributed by atoms with Gasteiger partial charge in [-0.3, -0.25) is 9.59 Å². The van der Waals surface area contributed by atoms with Gasteiger partial charge in [0.15, 0.2) is 0 Å². The second-order valence-electron chi connectivity index (χ2n) is 12.8. The molecule has 0 aromatic heterocycles. The average molecular weight is 596 g/mol. The normalized spacial score (nSPS) is 12.9. The van der Waals surface area contributed by atoms with Crippen molar-refractivity contribution in [3.63, 3.8) is 0 Å². The van der Waals surface area contributed by atoms with E-state index in [1.807, 2.05) is 45.0 Å². The fraction of sp³-hybridized carbons (Fsp3) is 0.571. The predicted octanol–water partition coefficient (Wildman–Crippen LogP) is 7.82. The highest BCUT2D eigenvalue weighted by atomic mass is 16.6. The Morgan fingerprint density at radius 2 is 1.53 bits per heavy atom. The van der Waals surface area contributed by atoms with Gasteiger partial charge in [-0.15, -0.1) is 0 Å². The molecule has 43 heavy (non-hydrogen) atoms. The maximum Gasteiger partial charge on any atom is 0.408 e. The van der Waals surface area contributed by atoms with Gasteiger partial charge < -0.3 is 25.4 Å². The number of para-hydroxylation sites is 2. The zero-order valence-corrected chi connectivity index (χ0v) is 27.5. The lowest BCUT2D eigenvalue weighted by Crippen LogP contribution is -2.53. The molecule has 2 aromatic rings. The molecule has 0 fully saturated rings. The molecule has 0 heterocycles. The van der Waals surface area contributed by atoms with Crippen LogP contribution in [0.2, 0.25) is 0 Å². The third-order valence-electron chi connectivity index (χ3n) is 7.26. The molecule has 0 saturated carbocycles. The Hall–Kier alpha value is -3.55. The molecule has 2 unspecified atom stereocenters. The van der Waals surface area contributed by atoms with Crippen molar-refractivity contribution in [1.29, 1.82) is 0 Å². The second-order valence-corrected chi connectivity index (χ2v) is 12.8. The van der Waals surface area contributed by atoms with Gasteiger partial charge in [0, 0.05) is 17.8 Å². The summed E-state index contributed by atoms with van der Waals surface area (Å²) in [4.78, 5) is 43.1. The van der Waals surface area contributed by atoms with Crippen LogP contribution in [0.4, 0.5) is 10.5 Å². The Kier molecular flexibility index (Phi) is 14.0. The molecule has 0 spiro atoms. The number of phenols is 1. The van der Waals surface area contributed by atoms with Crippen molar-refractivity contribution in [3.8, 4) is 5.75 Å². The van der Waals surface area contributed by atoms with Gasteiger partial charge in [-0.1, -0.05) is 89.3 Å². The lowest BCUT2D eigenvalue weighted by Gasteiger charge is -2.35. The largest absolute Gasteiger partial charge is 0.507 e. The van der Waals surface area contributed by atoms with Crippen LogP contribution in [0.1, 0.15) is 109 Å². The molecule has 0 bridgehead atoms. The van der Waals surface area contributed by atoms with Crippen molar-refractivity contribution in [1.82, 2.24) is 10.2 Å². The molecule has 0 aliphatic heterocycles. The van der Waals surface area contributed by atoms with E-state index in [1.165, 1.54) is 4.90 Å². The minimum atomic E-state index is -1.13. The molecule has 0 saturated heterocycles. The van der Waals surface area contributed by atoms with E-state index in [2.05, 4.69) is 17.6 Å². The topological polar surface area (TPSA) is 108 Å². The summed E-state index contributed by atoms with van der Waals surface area (Å²) < 4.78 is 5.50. The summed E-state index contributed by atoms with van der Waals surface area (Å²) in [7, 11) is 0. The highest BCUT2D eigenvalue weighted by molar-refractivity contribution is 5.99. The number of aromatic hydroxyl groups is 1. The van der Waals surface area contributed by atoms with E-state index >= 15 is 0 Å². The van der Waals surface area contributed by atoms with Crippen molar-refractivity contribution in [2.75, 3.05) is 11.9 Å². The molecule has 0 aliphatic rings. The number of unbranched alkanes of at least 4 members (excludes halogenated alkanes) is 5. The van der Waals surface area contributed by atoms with Gasteiger partial charge in [0.25, 0.3) is 5.91 Å². The number of amides is 3. The Balaban J connectivity index is 2.58. The molecule has 3 N–H and O–H groups in total. The number of carbonyl (C=O) groups is 3. The number of nitrogens with one attached hydrogen (secondary N) is 2. The molecule has 8 nitrogen and oxygen atoms in total. The van der Waals surface area contributed by atoms with Crippen molar-refractivity contribution >= 4 is 23.6 Å². The summed E-state index contributed by atoms with van der Waals surface area (Å²) in [5.41, 5.74) is 1.70. The Morgan fingerprint density at radius 3 is 2.16 bits per heavy atom. The number of rotatable bonds is 15. The first-order valence-electron chi connectivity index (χ1n) is 15.7. The molecular weight excluding hydrogens is 542 g/mol. The van der Waals surface area contributed by atoms with Crippen LogP contribution >= 0.6 is 0 Å². The second kappa shape index (κ2) is 16.9. The Bertz CT molecular complexity index is 1200. The third kappa shape index (κ3) is 11.6. The van der Waals surface area contributed by atoms with Crippen LogP contribution in [-0.4, -0.2) is 46.1 Å². The van der Waals surface area contributed by atoms with E-state index in [-0.39, 0.29) is 24.1 Å². The number of nitrogens with zero attached hydrogens (tertiary/aromatic N) is 1. The fourth-order valence-corrected chi connectivity index (χ4v) is 5.04. The van der Waals surface area contributed by atoms with E-state index < -0.39 is 29.7 Å². The summed E-state index contributed by atoms with van der Waals surface area (Å²) in [5, 5.41) is 17.0. The number of ether oxygens (including phenoxy) is 1. The van der Waals surface area contributed by atoms with Crippen LogP contribution in [0.5, 0.6) is 5.75 Å². The molecule has 8 heteroatoms. The van der Waals surface area contributed by atoms with Gasteiger partial charge in [-0.25, -0.2) is 4.79 Å². The van der Waals surface area contributed by atoms with E-state index in [4.69, 9.17) is 4.74 Å². The SMILES string of the molecule is CCCCCCCCN(C(=O)C(CC(C)C)NC(=O)OC(C)(C)C)C(C(=O)Nc1ccccc1C)c1cccc(C)c1O. The van der Waals surface area contributed by atoms with Gasteiger partial charge in [-0.2, -0.15) is 0 Å². The van der Waals surface area contributed by atoms with Crippen molar-refractivity contribution in [2.45, 2.75) is 118 Å². The van der Waals surface area contributed by atoms with Gasteiger partial charge >= 0.3 is 6.09 Å². The first kappa shape index (κ1) is 35.6. The quantitative estimate of drug-likeness (QED) is 0.182. The van der Waals surface area contributed by atoms with Crippen molar-refractivity contribution in [3.05, 3.63) is 59.2 Å². The fourth-order valence-electron chi connectivity index (χ4n) is 5.04. The smallest absolute Gasteiger partial charge is 0.408 e. The van der Waals surface area contributed by atoms with Gasteiger partial charge in [0.2, 0.25) is 5.91 Å². The molecule has 0 aliphatic carbocycles.